The Labute approximate surface area is 100 Å². The van der Waals surface area contributed by atoms with E-state index in [0.29, 0.717) is 6.61 Å². The molecular formula is C11H19NO5. The summed E-state index contributed by atoms with van der Waals surface area (Å²) in [6, 6.07) is 0. The molecule has 0 aliphatic carbocycles. The summed E-state index contributed by atoms with van der Waals surface area (Å²) in [6.45, 7) is 2.44. The Kier molecular flexibility index (Phi) is 5.37. The minimum atomic E-state index is -1.04. The van der Waals surface area contributed by atoms with E-state index in [1.165, 1.54) is 7.05 Å². The lowest BCUT2D eigenvalue weighted by atomic mass is 10.2. The van der Waals surface area contributed by atoms with Gasteiger partial charge in [-0.05, 0) is 19.8 Å². The molecule has 0 spiro atoms. The second-order valence-electron chi connectivity index (χ2n) is 4.20. The van der Waals surface area contributed by atoms with Crippen molar-refractivity contribution in [3.8, 4) is 0 Å². The fourth-order valence-corrected chi connectivity index (χ4v) is 1.69. The van der Waals surface area contributed by atoms with Gasteiger partial charge in [-0.15, -0.1) is 0 Å². The van der Waals surface area contributed by atoms with Crippen LogP contribution in [0, 0.1) is 0 Å². The SMILES string of the molecule is C[C@H](OC[C@H]1CCCO1)C(=O)N(C)CC(=O)O. The first kappa shape index (κ1) is 13.9. The molecule has 0 aromatic rings. The van der Waals surface area contributed by atoms with E-state index in [0.717, 1.165) is 24.3 Å². The molecular weight excluding hydrogens is 226 g/mol. The quantitative estimate of drug-likeness (QED) is 0.719. The summed E-state index contributed by atoms with van der Waals surface area (Å²) < 4.78 is 10.7. The predicted octanol–water partition coefficient (Wildman–Crippen LogP) is 0.114. The van der Waals surface area contributed by atoms with Gasteiger partial charge in [0.1, 0.15) is 12.6 Å². The molecule has 0 saturated carbocycles. The number of amides is 1. The van der Waals surface area contributed by atoms with Gasteiger partial charge in [-0.25, -0.2) is 0 Å². The zero-order valence-electron chi connectivity index (χ0n) is 10.2. The largest absolute Gasteiger partial charge is 0.480 e. The molecule has 17 heavy (non-hydrogen) atoms. The van der Waals surface area contributed by atoms with Gasteiger partial charge in [0.15, 0.2) is 0 Å². The van der Waals surface area contributed by atoms with Gasteiger partial charge < -0.3 is 19.5 Å². The second kappa shape index (κ2) is 6.56. The van der Waals surface area contributed by atoms with Crippen LogP contribution in [0.1, 0.15) is 19.8 Å². The summed E-state index contributed by atoms with van der Waals surface area (Å²) in [4.78, 5) is 23.3. The summed E-state index contributed by atoms with van der Waals surface area (Å²) in [6.07, 6.45) is 1.40. The summed E-state index contributed by atoms with van der Waals surface area (Å²) >= 11 is 0. The highest BCUT2D eigenvalue weighted by molar-refractivity contribution is 5.84. The Morgan fingerprint density at radius 3 is 2.82 bits per heavy atom. The van der Waals surface area contributed by atoms with E-state index in [-0.39, 0.29) is 18.6 Å². The molecule has 6 nitrogen and oxygen atoms in total. The van der Waals surface area contributed by atoms with E-state index in [2.05, 4.69) is 0 Å². The highest BCUT2D eigenvalue weighted by Gasteiger charge is 2.22. The normalized spacial score (nSPS) is 21.2. The number of carbonyl (C=O) groups excluding carboxylic acids is 1. The number of carboxylic acids is 1. The van der Waals surface area contributed by atoms with Crippen molar-refractivity contribution in [2.24, 2.45) is 0 Å². The molecule has 0 aromatic carbocycles. The van der Waals surface area contributed by atoms with Crippen LogP contribution in [0.3, 0.4) is 0 Å². The van der Waals surface area contributed by atoms with Crippen LogP contribution < -0.4 is 0 Å². The Bertz CT molecular complexity index is 275. The van der Waals surface area contributed by atoms with E-state index in [4.69, 9.17) is 14.6 Å². The van der Waals surface area contributed by atoms with Crippen LogP contribution in [0.25, 0.3) is 0 Å². The van der Waals surface area contributed by atoms with Crippen molar-refractivity contribution in [3.63, 3.8) is 0 Å². The van der Waals surface area contributed by atoms with Crippen molar-refractivity contribution in [3.05, 3.63) is 0 Å². The minimum absolute atomic E-state index is 0.0648. The van der Waals surface area contributed by atoms with E-state index >= 15 is 0 Å². The number of rotatable bonds is 6. The van der Waals surface area contributed by atoms with Crippen molar-refractivity contribution < 1.29 is 24.2 Å². The average molecular weight is 245 g/mol. The molecule has 2 atom stereocenters. The molecule has 0 bridgehead atoms. The highest BCUT2D eigenvalue weighted by Crippen LogP contribution is 2.13. The molecule has 1 aliphatic heterocycles. The fraction of sp³-hybridized carbons (Fsp3) is 0.818. The Hall–Kier alpha value is -1.14. The lowest BCUT2D eigenvalue weighted by Crippen LogP contribution is -2.40. The third kappa shape index (κ3) is 4.70. The number of hydrogen-bond acceptors (Lipinski definition) is 4. The number of carboxylic acid groups (broad SMARTS) is 1. The van der Waals surface area contributed by atoms with E-state index < -0.39 is 12.1 Å². The topological polar surface area (TPSA) is 76.1 Å². The maximum absolute atomic E-state index is 11.7. The van der Waals surface area contributed by atoms with Crippen LogP contribution in [-0.2, 0) is 19.1 Å². The van der Waals surface area contributed by atoms with Gasteiger partial charge in [0.25, 0.3) is 5.91 Å². The fourth-order valence-electron chi connectivity index (χ4n) is 1.69. The third-order valence-corrected chi connectivity index (χ3v) is 2.65. The van der Waals surface area contributed by atoms with Crippen LogP contribution in [-0.4, -0.2) is 60.9 Å². The molecule has 1 heterocycles. The van der Waals surface area contributed by atoms with Crippen molar-refractivity contribution in [1.82, 2.24) is 4.90 Å². The van der Waals surface area contributed by atoms with Gasteiger partial charge in [0.05, 0.1) is 12.7 Å². The molecule has 0 radical (unpaired) electrons. The zero-order chi connectivity index (χ0) is 12.8. The molecule has 98 valence electrons. The van der Waals surface area contributed by atoms with E-state index in [1.807, 2.05) is 0 Å². The first-order valence-corrected chi connectivity index (χ1v) is 5.70. The van der Waals surface area contributed by atoms with Crippen LogP contribution in [0.2, 0.25) is 0 Å². The molecule has 0 unspecified atom stereocenters. The number of ether oxygens (including phenoxy) is 2. The summed E-state index contributed by atoms with van der Waals surface area (Å²) in [5.74, 6) is -1.36. The predicted molar refractivity (Wildman–Crippen MR) is 59.7 cm³/mol. The van der Waals surface area contributed by atoms with Crippen molar-refractivity contribution in [2.75, 3.05) is 26.8 Å². The molecule has 1 aliphatic rings. The van der Waals surface area contributed by atoms with Gasteiger partial charge in [-0.3, -0.25) is 9.59 Å². The molecule has 1 rings (SSSR count). The lowest BCUT2D eigenvalue weighted by molar-refractivity contribution is -0.149. The lowest BCUT2D eigenvalue weighted by Gasteiger charge is -2.21. The van der Waals surface area contributed by atoms with Gasteiger partial charge in [-0.2, -0.15) is 0 Å². The number of hydrogen-bond donors (Lipinski definition) is 1. The standard InChI is InChI=1S/C11H19NO5/c1-8(11(15)12(2)6-10(13)14)17-7-9-4-3-5-16-9/h8-9H,3-7H2,1-2H3,(H,13,14)/t8-,9+/m0/s1. The number of carbonyl (C=O) groups is 2. The van der Waals surface area contributed by atoms with E-state index in [1.54, 1.807) is 6.92 Å². The van der Waals surface area contributed by atoms with Crippen molar-refractivity contribution >= 4 is 11.9 Å². The van der Waals surface area contributed by atoms with Gasteiger partial charge >= 0.3 is 5.97 Å². The summed E-state index contributed by atoms with van der Waals surface area (Å²) in [5.41, 5.74) is 0. The van der Waals surface area contributed by atoms with Crippen molar-refractivity contribution in [2.45, 2.75) is 32.0 Å². The van der Waals surface area contributed by atoms with E-state index in [9.17, 15) is 9.59 Å². The average Bonchev–Trinajstić information content (AvgIpc) is 2.76. The third-order valence-electron chi connectivity index (χ3n) is 2.65. The summed E-state index contributed by atoms with van der Waals surface area (Å²) in [7, 11) is 1.45. The van der Waals surface area contributed by atoms with Crippen LogP contribution in [0.5, 0.6) is 0 Å². The van der Waals surface area contributed by atoms with Gasteiger partial charge in [0.2, 0.25) is 0 Å². The van der Waals surface area contributed by atoms with Gasteiger partial charge in [-0.1, -0.05) is 0 Å². The first-order valence-electron chi connectivity index (χ1n) is 5.70. The number of likely N-dealkylation sites (N-methyl/N-ethyl adjacent to an activating group) is 1. The van der Waals surface area contributed by atoms with Crippen LogP contribution in [0.15, 0.2) is 0 Å². The van der Waals surface area contributed by atoms with Crippen molar-refractivity contribution in [1.29, 1.82) is 0 Å². The molecule has 1 N–H and O–H groups in total. The Morgan fingerprint density at radius 1 is 1.59 bits per heavy atom. The first-order chi connectivity index (χ1) is 8.00. The maximum Gasteiger partial charge on any atom is 0.323 e. The number of aliphatic carboxylic acids is 1. The molecule has 1 saturated heterocycles. The number of nitrogens with zero attached hydrogens (tertiary/aromatic N) is 1. The molecule has 1 fully saturated rings. The summed E-state index contributed by atoms with van der Waals surface area (Å²) in [5, 5.41) is 8.56. The molecule has 6 heteroatoms. The monoisotopic (exact) mass is 245 g/mol. The Balaban J connectivity index is 2.27. The van der Waals surface area contributed by atoms with Crippen LogP contribution >= 0.6 is 0 Å². The zero-order valence-corrected chi connectivity index (χ0v) is 10.2. The van der Waals surface area contributed by atoms with Crippen LogP contribution in [0.4, 0.5) is 0 Å². The smallest absolute Gasteiger partial charge is 0.323 e. The molecule has 0 aromatic heterocycles. The second-order valence-corrected chi connectivity index (χ2v) is 4.20. The molecule has 1 amide bonds. The minimum Gasteiger partial charge on any atom is -0.480 e. The van der Waals surface area contributed by atoms with Gasteiger partial charge in [0, 0.05) is 13.7 Å². The Morgan fingerprint density at radius 2 is 2.29 bits per heavy atom. The highest BCUT2D eigenvalue weighted by atomic mass is 16.5. The maximum atomic E-state index is 11.7.